The second-order valence-corrected chi connectivity index (χ2v) is 7.91. The first-order valence-electron chi connectivity index (χ1n) is 8.57. The van der Waals surface area contributed by atoms with E-state index >= 15 is 0 Å². The summed E-state index contributed by atoms with van der Waals surface area (Å²) in [7, 11) is -3.82. The van der Waals surface area contributed by atoms with Crippen molar-refractivity contribution in [2.24, 2.45) is 0 Å². The Kier molecular flexibility index (Phi) is 7.32. The average molecular weight is 376 g/mol. The molecule has 0 saturated carbocycles. The van der Waals surface area contributed by atoms with Crippen LogP contribution in [0.3, 0.4) is 0 Å². The molecule has 0 aliphatic rings. The standard InChI is InChI=1S/C19H24N2O4S/c1-2-3-7-14-21(15-19(22)20-23)26(24,25)18-12-10-17(11-13-18)16-8-5-4-6-9-16/h4-6,8-13,23H,2-3,7,14-15H2,1H3,(H,20,22). The third kappa shape index (κ3) is 5.14. The van der Waals surface area contributed by atoms with E-state index in [4.69, 9.17) is 5.21 Å². The van der Waals surface area contributed by atoms with Gasteiger partial charge in [0.05, 0.1) is 11.4 Å². The minimum Gasteiger partial charge on any atom is -0.289 e. The Bertz CT molecular complexity index is 805. The highest BCUT2D eigenvalue weighted by Gasteiger charge is 2.26. The van der Waals surface area contributed by atoms with E-state index in [-0.39, 0.29) is 11.4 Å². The van der Waals surface area contributed by atoms with E-state index in [9.17, 15) is 13.2 Å². The summed E-state index contributed by atoms with van der Waals surface area (Å²) < 4.78 is 26.9. The van der Waals surface area contributed by atoms with Gasteiger partial charge in [0.15, 0.2) is 0 Å². The van der Waals surface area contributed by atoms with Gasteiger partial charge in [0.25, 0.3) is 5.91 Å². The summed E-state index contributed by atoms with van der Waals surface area (Å²) in [5.74, 6) is -0.758. The van der Waals surface area contributed by atoms with Crippen molar-refractivity contribution >= 4 is 15.9 Å². The van der Waals surface area contributed by atoms with Gasteiger partial charge in [-0.3, -0.25) is 10.0 Å². The molecule has 0 spiro atoms. The molecule has 2 aromatic rings. The van der Waals surface area contributed by atoms with E-state index in [0.717, 1.165) is 28.3 Å². The summed E-state index contributed by atoms with van der Waals surface area (Å²) >= 11 is 0. The molecule has 1 amide bonds. The SMILES string of the molecule is CCCCCN(CC(=O)NO)S(=O)(=O)c1ccc(-c2ccccc2)cc1. The summed E-state index contributed by atoms with van der Waals surface area (Å²) in [5.41, 5.74) is 3.40. The smallest absolute Gasteiger partial charge is 0.258 e. The number of benzene rings is 2. The van der Waals surface area contributed by atoms with Gasteiger partial charge in [-0.25, -0.2) is 13.9 Å². The molecular weight excluding hydrogens is 352 g/mol. The molecule has 0 atom stereocenters. The van der Waals surface area contributed by atoms with Crippen LogP contribution >= 0.6 is 0 Å². The van der Waals surface area contributed by atoms with Gasteiger partial charge in [-0.2, -0.15) is 4.31 Å². The molecule has 0 aromatic heterocycles. The first-order chi connectivity index (χ1) is 12.5. The molecule has 0 aliphatic heterocycles. The molecule has 0 fully saturated rings. The largest absolute Gasteiger partial charge is 0.289 e. The van der Waals surface area contributed by atoms with Gasteiger partial charge in [-0.15, -0.1) is 0 Å². The van der Waals surface area contributed by atoms with Gasteiger partial charge in [-0.1, -0.05) is 62.2 Å². The Morgan fingerprint density at radius 1 is 1.00 bits per heavy atom. The second kappa shape index (κ2) is 9.47. The van der Waals surface area contributed by atoms with Crippen LogP contribution in [0.2, 0.25) is 0 Å². The summed E-state index contributed by atoms with van der Waals surface area (Å²) in [4.78, 5) is 11.6. The molecular formula is C19H24N2O4S. The molecule has 0 heterocycles. The number of sulfonamides is 1. The van der Waals surface area contributed by atoms with Crippen LogP contribution in [-0.4, -0.2) is 36.9 Å². The summed E-state index contributed by atoms with van der Waals surface area (Å²) in [5, 5.41) is 8.73. The van der Waals surface area contributed by atoms with Crippen LogP contribution in [0, 0.1) is 0 Å². The fourth-order valence-corrected chi connectivity index (χ4v) is 4.05. The Hall–Kier alpha value is -2.22. The maximum Gasteiger partial charge on any atom is 0.258 e. The first kappa shape index (κ1) is 20.1. The van der Waals surface area contributed by atoms with Crippen LogP contribution in [0.25, 0.3) is 11.1 Å². The Morgan fingerprint density at radius 3 is 2.19 bits per heavy atom. The lowest BCUT2D eigenvalue weighted by Gasteiger charge is -2.21. The Labute approximate surface area is 154 Å². The van der Waals surface area contributed by atoms with Gasteiger partial charge < -0.3 is 0 Å². The number of rotatable bonds is 9. The van der Waals surface area contributed by atoms with Gasteiger partial charge >= 0.3 is 0 Å². The number of carbonyl (C=O) groups excluding carboxylic acids is 1. The third-order valence-electron chi connectivity index (χ3n) is 4.05. The number of hydroxylamine groups is 1. The van der Waals surface area contributed by atoms with Crippen molar-refractivity contribution < 1.29 is 18.4 Å². The van der Waals surface area contributed by atoms with E-state index in [0.29, 0.717) is 6.42 Å². The molecule has 2 rings (SSSR count). The van der Waals surface area contributed by atoms with Crippen LogP contribution in [0.5, 0.6) is 0 Å². The van der Waals surface area contributed by atoms with E-state index in [1.165, 1.54) is 5.48 Å². The van der Waals surface area contributed by atoms with Crippen molar-refractivity contribution in [1.29, 1.82) is 0 Å². The molecule has 0 unspecified atom stereocenters. The molecule has 2 aromatic carbocycles. The van der Waals surface area contributed by atoms with Crippen LogP contribution in [-0.2, 0) is 14.8 Å². The Balaban J connectivity index is 2.25. The molecule has 0 radical (unpaired) electrons. The zero-order chi connectivity index (χ0) is 19.0. The molecule has 26 heavy (non-hydrogen) atoms. The lowest BCUT2D eigenvalue weighted by molar-refractivity contribution is -0.129. The molecule has 7 heteroatoms. The fraction of sp³-hybridized carbons (Fsp3) is 0.316. The van der Waals surface area contributed by atoms with Crippen molar-refractivity contribution in [3.8, 4) is 11.1 Å². The van der Waals surface area contributed by atoms with E-state index in [2.05, 4.69) is 0 Å². The normalized spacial score (nSPS) is 11.5. The zero-order valence-corrected chi connectivity index (χ0v) is 15.6. The van der Waals surface area contributed by atoms with Crippen molar-refractivity contribution in [2.45, 2.75) is 31.1 Å². The van der Waals surface area contributed by atoms with Crippen LogP contribution in [0.4, 0.5) is 0 Å². The summed E-state index contributed by atoms with van der Waals surface area (Å²) in [6, 6.07) is 16.2. The number of nitrogens with one attached hydrogen (secondary N) is 1. The van der Waals surface area contributed by atoms with Gasteiger partial charge in [0.2, 0.25) is 10.0 Å². The van der Waals surface area contributed by atoms with Gasteiger partial charge in [0.1, 0.15) is 0 Å². The van der Waals surface area contributed by atoms with Crippen molar-refractivity contribution in [3.63, 3.8) is 0 Å². The van der Waals surface area contributed by atoms with Gasteiger partial charge in [0, 0.05) is 6.54 Å². The fourth-order valence-electron chi connectivity index (χ4n) is 2.62. The lowest BCUT2D eigenvalue weighted by Crippen LogP contribution is -2.40. The topological polar surface area (TPSA) is 86.7 Å². The molecule has 0 aliphatic carbocycles. The number of hydrogen-bond acceptors (Lipinski definition) is 4. The third-order valence-corrected chi connectivity index (χ3v) is 5.91. The zero-order valence-electron chi connectivity index (χ0n) is 14.8. The van der Waals surface area contributed by atoms with Crippen molar-refractivity contribution in [1.82, 2.24) is 9.79 Å². The number of nitrogens with zero attached hydrogens (tertiary/aromatic N) is 1. The highest BCUT2D eigenvalue weighted by atomic mass is 32.2. The predicted octanol–water partition coefficient (Wildman–Crippen LogP) is 3.04. The first-order valence-corrected chi connectivity index (χ1v) is 10.0. The van der Waals surface area contributed by atoms with Gasteiger partial charge in [-0.05, 0) is 29.7 Å². The predicted molar refractivity (Wildman–Crippen MR) is 100 cm³/mol. The number of amides is 1. The number of hydrogen-bond donors (Lipinski definition) is 2. The minimum atomic E-state index is -3.82. The summed E-state index contributed by atoms with van der Waals surface area (Å²) in [6.07, 6.45) is 2.45. The van der Waals surface area contributed by atoms with Crippen LogP contribution in [0.1, 0.15) is 26.2 Å². The number of unbranched alkanes of at least 4 members (excludes halogenated alkanes) is 2. The maximum absolute atomic E-state index is 12.9. The second-order valence-electron chi connectivity index (χ2n) is 5.97. The lowest BCUT2D eigenvalue weighted by atomic mass is 10.1. The van der Waals surface area contributed by atoms with Crippen molar-refractivity contribution in [2.75, 3.05) is 13.1 Å². The number of carbonyl (C=O) groups is 1. The van der Waals surface area contributed by atoms with Crippen molar-refractivity contribution in [3.05, 3.63) is 54.6 Å². The van der Waals surface area contributed by atoms with E-state index in [1.807, 2.05) is 37.3 Å². The van der Waals surface area contributed by atoms with E-state index < -0.39 is 22.5 Å². The monoisotopic (exact) mass is 376 g/mol. The maximum atomic E-state index is 12.9. The molecule has 6 nitrogen and oxygen atoms in total. The molecule has 0 bridgehead atoms. The molecule has 140 valence electrons. The summed E-state index contributed by atoms with van der Waals surface area (Å²) in [6.45, 7) is 1.83. The quantitative estimate of drug-likeness (QED) is 0.400. The highest BCUT2D eigenvalue weighted by molar-refractivity contribution is 7.89. The Morgan fingerprint density at radius 2 is 1.62 bits per heavy atom. The molecule has 0 saturated heterocycles. The van der Waals surface area contributed by atoms with Crippen LogP contribution in [0.15, 0.2) is 59.5 Å². The minimum absolute atomic E-state index is 0.124. The van der Waals surface area contributed by atoms with Crippen LogP contribution < -0.4 is 5.48 Å². The molecule has 2 N–H and O–H groups in total. The average Bonchev–Trinajstić information content (AvgIpc) is 2.68. The van der Waals surface area contributed by atoms with E-state index in [1.54, 1.807) is 24.3 Å². The highest BCUT2D eigenvalue weighted by Crippen LogP contribution is 2.23.